The zero-order valence-corrected chi connectivity index (χ0v) is 24.8. The molecule has 3 aromatic carbocycles. The number of ether oxygens (including phenoxy) is 1. The number of amides is 2. The highest BCUT2D eigenvalue weighted by molar-refractivity contribution is 7.92. The van der Waals surface area contributed by atoms with Gasteiger partial charge in [-0.15, -0.1) is 0 Å². The van der Waals surface area contributed by atoms with Crippen molar-refractivity contribution in [1.29, 1.82) is 0 Å². The molecule has 10 heteroatoms. The Kier molecular flexibility index (Phi) is 11.0. The maximum Gasteiger partial charge on any atom is 0.264 e. The predicted octanol–water partition coefficient (Wildman–Crippen LogP) is 5.19. The monoisotopic (exact) mass is 585 g/mol. The molecule has 0 radical (unpaired) electrons. The Bertz CT molecular complexity index is 1400. The molecule has 0 fully saturated rings. The molecule has 0 spiro atoms. The second-order valence-corrected chi connectivity index (χ2v) is 11.8. The minimum Gasteiger partial charge on any atom is -0.497 e. The molecule has 0 aliphatic heterocycles. The predicted molar refractivity (Wildman–Crippen MR) is 158 cm³/mol. The summed E-state index contributed by atoms with van der Waals surface area (Å²) >= 11 is 6.18. The quantitative estimate of drug-likeness (QED) is 0.279. The van der Waals surface area contributed by atoms with Crippen LogP contribution in [0.5, 0.6) is 5.75 Å². The van der Waals surface area contributed by atoms with Crippen LogP contribution in [0.2, 0.25) is 5.02 Å². The number of aryl methyl sites for hydroxylation is 1. The van der Waals surface area contributed by atoms with Crippen LogP contribution in [0, 0.1) is 6.92 Å². The lowest BCUT2D eigenvalue weighted by atomic mass is 10.1. The molecule has 3 aromatic rings. The Hall–Kier alpha value is -3.56. The Morgan fingerprint density at radius 3 is 2.30 bits per heavy atom. The van der Waals surface area contributed by atoms with E-state index < -0.39 is 28.5 Å². The molecular formula is C30H36ClN3O5S. The molecule has 0 saturated carbocycles. The van der Waals surface area contributed by atoms with E-state index >= 15 is 0 Å². The molecule has 2 amide bonds. The fraction of sp³-hybridized carbons (Fsp3) is 0.333. The van der Waals surface area contributed by atoms with Crippen LogP contribution in [-0.2, 0) is 26.2 Å². The van der Waals surface area contributed by atoms with Crippen molar-refractivity contribution in [3.05, 3.63) is 88.9 Å². The number of nitrogens with zero attached hydrogens (tertiary/aromatic N) is 2. The third-order valence-electron chi connectivity index (χ3n) is 6.49. The molecule has 3 rings (SSSR count). The lowest BCUT2D eigenvalue weighted by molar-refractivity contribution is -0.139. The number of carbonyl (C=O) groups excluding carboxylic acids is 2. The molecule has 0 aliphatic carbocycles. The van der Waals surface area contributed by atoms with Crippen molar-refractivity contribution in [2.75, 3.05) is 24.5 Å². The van der Waals surface area contributed by atoms with Gasteiger partial charge in [0.2, 0.25) is 11.8 Å². The summed E-state index contributed by atoms with van der Waals surface area (Å²) in [6.07, 6.45) is 1.72. The summed E-state index contributed by atoms with van der Waals surface area (Å²) in [6, 6.07) is 19.0. The molecule has 0 bridgehead atoms. The summed E-state index contributed by atoms with van der Waals surface area (Å²) in [5.74, 6) is -0.341. The van der Waals surface area contributed by atoms with Gasteiger partial charge in [-0.1, -0.05) is 54.8 Å². The van der Waals surface area contributed by atoms with Gasteiger partial charge in [0.1, 0.15) is 18.3 Å². The number of nitrogens with one attached hydrogen (secondary N) is 1. The molecule has 0 unspecified atom stereocenters. The molecule has 0 aliphatic rings. The van der Waals surface area contributed by atoms with Crippen LogP contribution in [0.15, 0.2) is 77.7 Å². The first kappa shape index (κ1) is 31.0. The van der Waals surface area contributed by atoms with Gasteiger partial charge in [0, 0.05) is 18.1 Å². The summed E-state index contributed by atoms with van der Waals surface area (Å²) < 4.78 is 34.0. The molecule has 8 nitrogen and oxygen atoms in total. The van der Waals surface area contributed by atoms with Crippen molar-refractivity contribution < 1.29 is 22.7 Å². The molecule has 214 valence electrons. The highest BCUT2D eigenvalue weighted by Gasteiger charge is 2.32. The van der Waals surface area contributed by atoms with Crippen molar-refractivity contribution in [2.24, 2.45) is 0 Å². The summed E-state index contributed by atoms with van der Waals surface area (Å²) in [4.78, 5) is 28.3. The zero-order valence-electron chi connectivity index (χ0n) is 23.3. The van der Waals surface area contributed by atoms with Crippen LogP contribution in [-0.4, -0.2) is 51.4 Å². The zero-order chi connectivity index (χ0) is 29.3. The molecule has 40 heavy (non-hydrogen) atoms. The van der Waals surface area contributed by atoms with E-state index in [4.69, 9.17) is 16.3 Å². The normalized spacial score (nSPS) is 11.9. The summed E-state index contributed by atoms with van der Waals surface area (Å²) in [5, 5.41) is 3.37. The summed E-state index contributed by atoms with van der Waals surface area (Å²) in [5.41, 5.74) is 1.99. The average molecular weight is 586 g/mol. The molecule has 0 aromatic heterocycles. The lowest BCUT2D eigenvalue weighted by Gasteiger charge is -2.32. The standard InChI is InChI=1S/C30H36ClN3O5S/c1-5-6-18-32-30(36)23(3)33(20-24-8-7-9-25(31)19-24)29(35)21-34(26-12-10-22(2)11-13-26)40(37,38)28-16-14-27(39-4)15-17-28/h7-17,19,23H,5-6,18,20-21H2,1-4H3,(H,32,36)/t23-/m0/s1. The second-order valence-electron chi connectivity index (χ2n) is 9.49. The number of sulfonamides is 1. The van der Waals surface area contributed by atoms with Crippen LogP contribution in [0.4, 0.5) is 5.69 Å². The highest BCUT2D eigenvalue weighted by Crippen LogP contribution is 2.26. The van der Waals surface area contributed by atoms with Crippen molar-refractivity contribution in [1.82, 2.24) is 10.2 Å². The van der Waals surface area contributed by atoms with E-state index in [0.29, 0.717) is 28.6 Å². The molecular weight excluding hydrogens is 550 g/mol. The van der Waals surface area contributed by atoms with Gasteiger partial charge in [0.15, 0.2) is 0 Å². The van der Waals surface area contributed by atoms with Gasteiger partial charge in [-0.25, -0.2) is 8.42 Å². The van der Waals surface area contributed by atoms with E-state index in [1.165, 1.54) is 24.1 Å². The summed E-state index contributed by atoms with van der Waals surface area (Å²) in [6.45, 7) is 5.60. The lowest BCUT2D eigenvalue weighted by Crippen LogP contribution is -2.51. The fourth-order valence-electron chi connectivity index (χ4n) is 4.07. The van der Waals surface area contributed by atoms with E-state index in [0.717, 1.165) is 22.7 Å². The highest BCUT2D eigenvalue weighted by atomic mass is 35.5. The first-order valence-corrected chi connectivity index (χ1v) is 14.9. The van der Waals surface area contributed by atoms with Crippen molar-refractivity contribution in [2.45, 2.75) is 51.1 Å². The van der Waals surface area contributed by atoms with Gasteiger partial charge in [-0.05, 0) is 74.4 Å². The first-order valence-electron chi connectivity index (χ1n) is 13.1. The molecule has 1 N–H and O–H groups in total. The maximum atomic E-state index is 13.9. The Balaban J connectivity index is 2.00. The number of carbonyl (C=O) groups is 2. The van der Waals surface area contributed by atoms with Crippen LogP contribution in [0.1, 0.15) is 37.8 Å². The Labute approximate surface area is 241 Å². The first-order chi connectivity index (χ1) is 19.1. The van der Waals surface area contributed by atoms with Gasteiger partial charge in [0.05, 0.1) is 17.7 Å². The number of halogens is 1. The van der Waals surface area contributed by atoms with Crippen LogP contribution >= 0.6 is 11.6 Å². The fourth-order valence-corrected chi connectivity index (χ4v) is 5.69. The van der Waals surface area contributed by atoms with Crippen molar-refractivity contribution in [3.8, 4) is 5.75 Å². The minimum absolute atomic E-state index is 0.00780. The topological polar surface area (TPSA) is 96.0 Å². The number of hydrogen-bond donors (Lipinski definition) is 1. The van der Waals surface area contributed by atoms with E-state index in [2.05, 4.69) is 5.32 Å². The molecule has 0 saturated heterocycles. The van der Waals surface area contributed by atoms with Gasteiger partial charge in [0.25, 0.3) is 10.0 Å². The number of rotatable bonds is 13. The maximum absolute atomic E-state index is 13.9. The number of hydrogen-bond acceptors (Lipinski definition) is 5. The third kappa shape index (κ3) is 7.99. The third-order valence-corrected chi connectivity index (χ3v) is 8.51. The summed E-state index contributed by atoms with van der Waals surface area (Å²) in [7, 11) is -2.66. The van der Waals surface area contributed by atoms with Crippen LogP contribution in [0.25, 0.3) is 0 Å². The Morgan fingerprint density at radius 2 is 1.70 bits per heavy atom. The van der Waals surface area contributed by atoms with Gasteiger partial charge in [-0.2, -0.15) is 0 Å². The van der Waals surface area contributed by atoms with Crippen LogP contribution in [0.3, 0.4) is 0 Å². The van der Waals surface area contributed by atoms with E-state index in [1.54, 1.807) is 67.6 Å². The number of unbranched alkanes of at least 4 members (excludes halogenated alkanes) is 1. The van der Waals surface area contributed by atoms with Gasteiger partial charge >= 0.3 is 0 Å². The molecule has 0 heterocycles. The Morgan fingerprint density at radius 1 is 1.02 bits per heavy atom. The van der Waals surface area contributed by atoms with Crippen molar-refractivity contribution >= 4 is 39.1 Å². The second kappa shape index (κ2) is 14.2. The van der Waals surface area contributed by atoms with Crippen molar-refractivity contribution in [3.63, 3.8) is 0 Å². The van der Waals surface area contributed by atoms with Gasteiger partial charge in [-0.3, -0.25) is 13.9 Å². The van der Waals surface area contributed by atoms with Crippen LogP contribution < -0.4 is 14.4 Å². The van der Waals surface area contributed by atoms with E-state index in [1.807, 2.05) is 13.8 Å². The number of benzene rings is 3. The van der Waals surface area contributed by atoms with Gasteiger partial charge < -0.3 is 15.0 Å². The average Bonchev–Trinajstić information content (AvgIpc) is 2.94. The SMILES string of the molecule is CCCCNC(=O)[C@H](C)N(Cc1cccc(Cl)c1)C(=O)CN(c1ccc(C)cc1)S(=O)(=O)c1ccc(OC)cc1. The van der Waals surface area contributed by atoms with E-state index in [9.17, 15) is 18.0 Å². The number of anilines is 1. The van der Waals surface area contributed by atoms with E-state index in [-0.39, 0.29) is 17.3 Å². The largest absolute Gasteiger partial charge is 0.497 e. The number of methoxy groups -OCH3 is 1. The minimum atomic E-state index is -4.16. The smallest absolute Gasteiger partial charge is 0.264 e. The molecule has 1 atom stereocenters.